The van der Waals surface area contributed by atoms with Crippen molar-refractivity contribution in [2.45, 2.75) is 36.6 Å². The van der Waals surface area contributed by atoms with Crippen LogP contribution in [0.3, 0.4) is 0 Å². The monoisotopic (exact) mass is 466 g/mol. The standard InChI is InChI=1S/C22H19ClN6O2S/c1-13(30)24-17-3-2-4-18(11-17)29-20(14-5-6-14)26-28-22(29)32-12-19-25-27-21(31-19)15-7-9-16(23)10-8-15/h2-4,7-11,14H,5-6,12H2,1H3,(H,24,30). The number of nitrogens with one attached hydrogen (secondary N) is 1. The number of hydrogen-bond donors (Lipinski definition) is 1. The molecule has 1 saturated carbocycles. The van der Waals surface area contributed by atoms with Crippen LogP contribution in [-0.2, 0) is 10.5 Å². The van der Waals surface area contributed by atoms with Crippen LogP contribution in [-0.4, -0.2) is 30.9 Å². The summed E-state index contributed by atoms with van der Waals surface area (Å²) in [5.41, 5.74) is 2.44. The van der Waals surface area contributed by atoms with Gasteiger partial charge < -0.3 is 9.73 Å². The maximum atomic E-state index is 11.5. The second-order valence-electron chi connectivity index (χ2n) is 7.48. The molecule has 1 aliphatic rings. The summed E-state index contributed by atoms with van der Waals surface area (Å²) in [5.74, 6) is 2.61. The van der Waals surface area contributed by atoms with E-state index in [1.54, 1.807) is 12.1 Å². The van der Waals surface area contributed by atoms with Crippen LogP contribution in [0.5, 0.6) is 0 Å². The van der Waals surface area contributed by atoms with Crippen molar-refractivity contribution in [2.24, 2.45) is 0 Å². The Morgan fingerprint density at radius 3 is 2.72 bits per heavy atom. The lowest BCUT2D eigenvalue weighted by molar-refractivity contribution is -0.114. The molecule has 1 N–H and O–H groups in total. The van der Waals surface area contributed by atoms with Gasteiger partial charge in [0.05, 0.1) is 11.4 Å². The zero-order valence-corrected chi connectivity index (χ0v) is 18.7. The van der Waals surface area contributed by atoms with Crippen molar-refractivity contribution in [1.82, 2.24) is 25.0 Å². The fourth-order valence-corrected chi connectivity index (χ4v) is 4.22. The minimum atomic E-state index is -0.115. The lowest BCUT2D eigenvalue weighted by Crippen LogP contribution is -2.07. The SMILES string of the molecule is CC(=O)Nc1cccc(-n2c(SCc3nnc(-c4ccc(Cl)cc4)o3)nnc2C2CC2)c1. The zero-order chi connectivity index (χ0) is 22.1. The van der Waals surface area contributed by atoms with E-state index in [1.807, 2.05) is 41.0 Å². The van der Waals surface area contributed by atoms with Crippen LogP contribution in [0.4, 0.5) is 5.69 Å². The molecule has 0 spiro atoms. The molecule has 0 atom stereocenters. The molecule has 0 aliphatic heterocycles. The molecular formula is C22H19ClN6O2S. The quantitative estimate of drug-likeness (QED) is 0.378. The number of carbonyl (C=O) groups excluding carboxylic acids is 1. The van der Waals surface area contributed by atoms with Gasteiger partial charge in [-0.1, -0.05) is 29.4 Å². The van der Waals surface area contributed by atoms with E-state index in [0.29, 0.717) is 28.5 Å². The molecule has 1 amide bonds. The van der Waals surface area contributed by atoms with E-state index in [9.17, 15) is 4.79 Å². The zero-order valence-electron chi connectivity index (χ0n) is 17.2. The Morgan fingerprint density at radius 1 is 1.16 bits per heavy atom. The van der Waals surface area contributed by atoms with Gasteiger partial charge in [0.25, 0.3) is 0 Å². The van der Waals surface area contributed by atoms with Gasteiger partial charge in [0.2, 0.25) is 17.7 Å². The third-order valence-corrected chi connectivity index (χ3v) is 6.07. The maximum absolute atomic E-state index is 11.5. The molecule has 2 aromatic heterocycles. The van der Waals surface area contributed by atoms with Gasteiger partial charge in [0.1, 0.15) is 5.82 Å². The molecule has 0 radical (unpaired) electrons. The Balaban J connectivity index is 1.38. The second-order valence-corrected chi connectivity index (χ2v) is 8.86. The number of carbonyl (C=O) groups is 1. The first-order valence-corrected chi connectivity index (χ1v) is 11.5. The molecule has 0 unspecified atom stereocenters. The van der Waals surface area contributed by atoms with Gasteiger partial charge in [0, 0.05) is 29.1 Å². The number of nitrogens with zero attached hydrogens (tertiary/aromatic N) is 5. The van der Waals surface area contributed by atoms with Crippen molar-refractivity contribution in [3.05, 3.63) is 65.3 Å². The molecular weight excluding hydrogens is 448 g/mol. The molecule has 1 aliphatic carbocycles. The smallest absolute Gasteiger partial charge is 0.247 e. The van der Waals surface area contributed by atoms with Crippen molar-refractivity contribution in [3.63, 3.8) is 0 Å². The van der Waals surface area contributed by atoms with Crippen LogP contribution in [0.1, 0.15) is 37.4 Å². The Hall–Kier alpha value is -3.17. The van der Waals surface area contributed by atoms with Gasteiger partial charge in [-0.3, -0.25) is 9.36 Å². The number of thioether (sulfide) groups is 1. The van der Waals surface area contributed by atoms with Crippen LogP contribution in [0.15, 0.2) is 58.1 Å². The van der Waals surface area contributed by atoms with Crippen LogP contribution in [0, 0.1) is 0 Å². The highest BCUT2D eigenvalue weighted by Crippen LogP contribution is 2.41. The predicted octanol–water partition coefficient (Wildman–Crippen LogP) is 5.10. The van der Waals surface area contributed by atoms with Crippen LogP contribution >= 0.6 is 23.4 Å². The van der Waals surface area contributed by atoms with E-state index in [-0.39, 0.29) is 5.91 Å². The van der Waals surface area contributed by atoms with Crippen LogP contribution in [0.25, 0.3) is 17.1 Å². The highest BCUT2D eigenvalue weighted by Gasteiger charge is 2.31. The average molecular weight is 467 g/mol. The predicted molar refractivity (Wildman–Crippen MR) is 122 cm³/mol. The lowest BCUT2D eigenvalue weighted by Gasteiger charge is -2.11. The van der Waals surface area contributed by atoms with Crippen molar-refractivity contribution in [3.8, 4) is 17.1 Å². The number of rotatable bonds is 7. The summed E-state index contributed by atoms with van der Waals surface area (Å²) in [6, 6.07) is 14.9. The summed E-state index contributed by atoms with van der Waals surface area (Å²) in [7, 11) is 0. The van der Waals surface area contributed by atoms with Crippen molar-refractivity contribution in [2.75, 3.05) is 5.32 Å². The normalized spacial score (nSPS) is 13.3. The van der Waals surface area contributed by atoms with E-state index in [1.165, 1.54) is 18.7 Å². The summed E-state index contributed by atoms with van der Waals surface area (Å²) >= 11 is 7.42. The van der Waals surface area contributed by atoms with Gasteiger partial charge >= 0.3 is 0 Å². The molecule has 8 nitrogen and oxygen atoms in total. The molecule has 0 bridgehead atoms. The number of amides is 1. The summed E-state index contributed by atoms with van der Waals surface area (Å²) in [4.78, 5) is 11.5. The van der Waals surface area contributed by atoms with Gasteiger partial charge in [-0.05, 0) is 55.3 Å². The van der Waals surface area contributed by atoms with Gasteiger partial charge in [-0.2, -0.15) is 0 Å². The van der Waals surface area contributed by atoms with Gasteiger partial charge in [0.15, 0.2) is 5.16 Å². The average Bonchev–Trinajstić information content (AvgIpc) is 3.36. The van der Waals surface area contributed by atoms with E-state index < -0.39 is 0 Å². The minimum Gasteiger partial charge on any atom is -0.420 e. The Bertz CT molecular complexity index is 1270. The maximum Gasteiger partial charge on any atom is 0.247 e. The van der Waals surface area contributed by atoms with Crippen molar-refractivity contribution in [1.29, 1.82) is 0 Å². The summed E-state index contributed by atoms with van der Waals surface area (Å²) in [6.07, 6.45) is 2.20. The molecule has 0 saturated heterocycles. The molecule has 2 aromatic carbocycles. The number of halogens is 1. The minimum absolute atomic E-state index is 0.115. The summed E-state index contributed by atoms with van der Waals surface area (Å²) in [6.45, 7) is 1.49. The first kappa shape index (κ1) is 20.7. The largest absolute Gasteiger partial charge is 0.420 e. The molecule has 32 heavy (non-hydrogen) atoms. The second kappa shape index (κ2) is 8.76. The lowest BCUT2D eigenvalue weighted by atomic mass is 10.2. The number of benzene rings is 2. The molecule has 4 aromatic rings. The number of aromatic nitrogens is 5. The topological polar surface area (TPSA) is 98.7 Å². The van der Waals surface area contributed by atoms with E-state index in [0.717, 1.165) is 40.8 Å². The Kier molecular flexibility index (Phi) is 5.67. The first-order chi connectivity index (χ1) is 15.6. The third kappa shape index (κ3) is 4.53. The molecule has 5 rings (SSSR count). The van der Waals surface area contributed by atoms with E-state index in [2.05, 4.69) is 25.7 Å². The first-order valence-electron chi connectivity index (χ1n) is 10.1. The Morgan fingerprint density at radius 2 is 1.97 bits per heavy atom. The summed E-state index contributed by atoms with van der Waals surface area (Å²) in [5, 5.41) is 21.4. The Labute approximate surface area is 193 Å². The fourth-order valence-electron chi connectivity index (χ4n) is 3.30. The summed E-state index contributed by atoms with van der Waals surface area (Å²) < 4.78 is 7.86. The molecule has 162 valence electrons. The fraction of sp³-hybridized carbons (Fsp3) is 0.227. The van der Waals surface area contributed by atoms with Crippen LogP contribution in [0.2, 0.25) is 5.02 Å². The number of hydrogen-bond acceptors (Lipinski definition) is 7. The highest BCUT2D eigenvalue weighted by molar-refractivity contribution is 7.98. The molecule has 2 heterocycles. The third-order valence-electron chi connectivity index (χ3n) is 4.91. The van der Waals surface area contributed by atoms with E-state index in [4.69, 9.17) is 16.0 Å². The van der Waals surface area contributed by atoms with Crippen molar-refractivity contribution >= 4 is 35.0 Å². The van der Waals surface area contributed by atoms with Gasteiger partial charge in [-0.15, -0.1) is 20.4 Å². The molecule has 10 heteroatoms. The highest BCUT2D eigenvalue weighted by atomic mass is 35.5. The van der Waals surface area contributed by atoms with E-state index >= 15 is 0 Å². The van der Waals surface area contributed by atoms with Crippen molar-refractivity contribution < 1.29 is 9.21 Å². The molecule has 1 fully saturated rings. The van der Waals surface area contributed by atoms with Crippen LogP contribution < -0.4 is 5.32 Å². The number of anilines is 1. The van der Waals surface area contributed by atoms with Gasteiger partial charge in [-0.25, -0.2) is 0 Å².